The fourth-order valence-corrected chi connectivity index (χ4v) is 4.78. The fraction of sp³-hybridized carbons (Fsp3) is 0.263. The van der Waals surface area contributed by atoms with E-state index in [1.54, 1.807) is 18.9 Å². The van der Waals surface area contributed by atoms with Crippen LogP contribution in [0.25, 0.3) is 6.08 Å². The average Bonchev–Trinajstić information content (AvgIpc) is 2.93. The van der Waals surface area contributed by atoms with Gasteiger partial charge in [-0.05, 0) is 43.0 Å². The van der Waals surface area contributed by atoms with Crippen LogP contribution in [0.4, 0.5) is 11.4 Å². The number of nitro groups is 1. The van der Waals surface area contributed by atoms with Crippen LogP contribution in [0, 0.1) is 10.1 Å². The van der Waals surface area contributed by atoms with Crippen molar-refractivity contribution >= 4 is 29.2 Å². The largest absolute Gasteiger partial charge is 0.497 e. The summed E-state index contributed by atoms with van der Waals surface area (Å²) in [5.74, 6) is 1.61. The normalized spacial score (nSPS) is 19.9. The first-order chi connectivity index (χ1) is 12.9. The molecule has 7 nitrogen and oxygen atoms in total. The van der Waals surface area contributed by atoms with Gasteiger partial charge in [-0.15, -0.1) is 0 Å². The van der Waals surface area contributed by atoms with Gasteiger partial charge in [-0.1, -0.05) is 0 Å². The third kappa shape index (κ3) is 2.51. The summed E-state index contributed by atoms with van der Waals surface area (Å²) >= 11 is 1.56. The maximum atomic E-state index is 11.2. The number of nitro benzene ring substituents is 1. The SMILES string of the molecule is COc1ccc2c(c1)SC1(Oc3c(cc([N+](=O)[O-])cc3OC)C=C1C)N2C. The first kappa shape index (κ1) is 17.5. The molecule has 1 unspecified atom stereocenters. The minimum Gasteiger partial charge on any atom is -0.497 e. The zero-order valence-corrected chi connectivity index (χ0v) is 16.1. The van der Waals surface area contributed by atoms with Gasteiger partial charge in [0.15, 0.2) is 11.5 Å². The van der Waals surface area contributed by atoms with Crippen LogP contribution in [0.1, 0.15) is 12.5 Å². The van der Waals surface area contributed by atoms with E-state index in [9.17, 15) is 10.1 Å². The molecule has 8 heteroatoms. The standard InChI is InChI=1S/C19H18N2O5S/c1-11-7-12-8-13(21(22)23)9-16(25-4)18(12)26-19(11)20(2)15-6-5-14(24-3)10-17(15)27-19/h5-10H,1-4H3. The van der Waals surface area contributed by atoms with Crippen molar-refractivity contribution in [2.24, 2.45) is 0 Å². The van der Waals surface area contributed by atoms with Gasteiger partial charge in [0.05, 0.1) is 30.9 Å². The van der Waals surface area contributed by atoms with E-state index in [-0.39, 0.29) is 5.69 Å². The number of methoxy groups -OCH3 is 2. The van der Waals surface area contributed by atoms with Crippen molar-refractivity contribution in [3.05, 3.63) is 51.6 Å². The predicted octanol–water partition coefficient (Wildman–Crippen LogP) is 4.30. The number of benzene rings is 2. The number of anilines is 1. The predicted molar refractivity (Wildman–Crippen MR) is 104 cm³/mol. The van der Waals surface area contributed by atoms with Crippen LogP contribution >= 0.6 is 11.8 Å². The first-order valence-electron chi connectivity index (χ1n) is 8.24. The molecule has 0 aromatic heterocycles. The van der Waals surface area contributed by atoms with Crippen molar-refractivity contribution < 1.29 is 19.1 Å². The van der Waals surface area contributed by atoms with Gasteiger partial charge in [0, 0.05) is 29.1 Å². The average molecular weight is 386 g/mol. The van der Waals surface area contributed by atoms with Gasteiger partial charge < -0.3 is 19.1 Å². The number of nitrogens with zero attached hydrogens (tertiary/aromatic N) is 2. The lowest BCUT2D eigenvalue weighted by Gasteiger charge is -2.40. The van der Waals surface area contributed by atoms with E-state index in [1.165, 1.54) is 19.2 Å². The minimum absolute atomic E-state index is 0.0327. The molecular formula is C19H18N2O5S. The summed E-state index contributed by atoms with van der Waals surface area (Å²) in [6, 6.07) is 8.77. The van der Waals surface area contributed by atoms with Gasteiger partial charge >= 0.3 is 0 Å². The van der Waals surface area contributed by atoms with Crippen LogP contribution < -0.4 is 19.1 Å². The van der Waals surface area contributed by atoms with E-state index >= 15 is 0 Å². The smallest absolute Gasteiger partial charge is 0.274 e. The molecule has 1 atom stereocenters. The Bertz CT molecular complexity index is 990. The van der Waals surface area contributed by atoms with Gasteiger partial charge in [-0.2, -0.15) is 0 Å². The Morgan fingerprint density at radius 3 is 2.67 bits per heavy atom. The molecule has 2 aliphatic rings. The lowest BCUT2D eigenvalue weighted by Crippen LogP contribution is -2.48. The van der Waals surface area contributed by atoms with Crippen molar-refractivity contribution in [2.75, 3.05) is 26.2 Å². The van der Waals surface area contributed by atoms with Gasteiger partial charge in [0.25, 0.3) is 10.7 Å². The molecular weight excluding hydrogens is 368 g/mol. The number of rotatable bonds is 3. The highest BCUT2D eigenvalue weighted by Gasteiger charge is 2.49. The Morgan fingerprint density at radius 2 is 2.00 bits per heavy atom. The van der Waals surface area contributed by atoms with E-state index in [1.807, 2.05) is 38.2 Å². The number of ether oxygens (including phenoxy) is 3. The molecule has 4 rings (SSSR count). The summed E-state index contributed by atoms with van der Waals surface area (Å²) in [7, 11) is 5.08. The van der Waals surface area contributed by atoms with Crippen LogP contribution in [0.2, 0.25) is 0 Å². The lowest BCUT2D eigenvalue weighted by molar-refractivity contribution is -0.385. The Kier molecular flexibility index (Phi) is 3.96. The Morgan fingerprint density at radius 1 is 1.22 bits per heavy atom. The highest BCUT2D eigenvalue weighted by atomic mass is 32.2. The van der Waals surface area contributed by atoms with Crippen LogP contribution in [0.3, 0.4) is 0 Å². The second-order valence-electron chi connectivity index (χ2n) is 6.33. The molecule has 140 valence electrons. The zero-order chi connectivity index (χ0) is 19.3. The zero-order valence-electron chi connectivity index (χ0n) is 15.3. The molecule has 0 fully saturated rings. The van der Waals surface area contributed by atoms with Crippen molar-refractivity contribution in [1.82, 2.24) is 0 Å². The third-order valence-corrected chi connectivity index (χ3v) is 6.33. The first-order valence-corrected chi connectivity index (χ1v) is 9.06. The monoisotopic (exact) mass is 386 g/mol. The van der Waals surface area contributed by atoms with Crippen LogP contribution in [-0.2, 0) is 0 Å². The molecule has 0 bridgehead atoms. The number of hydrogen-bond acceptors (Lipinski definition) is 7. The molecule has 2 heterocycles. The van der Waals surface area contributed by atoms with Gasteiger partial charge in [0.2, 0.25) is 0 Å². The van der Waals surface area contributed by atoms with E-state index < -0.39 is 9.98 Å². The topological polar surface area (TPSA) is 74.1 Å². The molecule has 2 aromatic rings. The van der Waals surface area contributed by atoms with Crippen LogP contribution in [0.15, 0.2) is 40.8 Å². The summed E-state index contributed by atoms with van der Waals surface area (Å²) in [5.41, 5.74) is 2.56. The molecule has 27 heavy (non-hydrogen) atoms. The quantitative estimate of drug-likeness (QED) is 0.575. The summed E-state index contributed by atoms with van der Waals surface area (Å²) in [6.07, 6.45) is 1.92. The maximum Gasteiger partial charge on any atom is 0.274 e. The number of fused-ring (bicyclic) bond motifs is 2. The summed E-state index contributed by atoms with van der Waals surface area (Å²) in [5, 5.41) is 10.4. The maximum absolute atomic E-state index is 11.2. The molecule has 1 spiro atoms. The van der Waals surface area contributed by atoms with Crippen LogP contribution in [-0.4, -0.2) is 31.2 Å². The molecule has 0 N–H and O–H groups in total. The Balaban J connectivity index is 1.83. The van der Waals surface area contributed by atoms with Crippen molar-refractivity contribution in [1.29, 1.82) is 0 Å². The molecule has 0 saturated heterocycles. The van der Waals surface area contributed by atoms with Gasteiger partial charge in [-0.25, -0.2) is 0 Å². The van der Waals surface area contributed by atoms with Gasteiger partial charge in [-0.3, -0.25) is 10.1 Å². The van der Waals surface area contributed by atoms with Gasteiger partial charge in [0.1, 0.15) is 5.75 Å². The Hall–Kier alpha value is -2.87. The lowest BCUT2D eigenvalue weighted by atomic mass is 10.0. The van der Waals surface area contributed by atoms with E-state index in [0.29, 0.717) is 17.1 Å². The van der Waals surface area contributed by atoms with Crippen molar-refractivity contribution in [3.63, 3.8) is 0 Å². The number of likely N-dealkylation sites (N-methyl/N-ethyl adjacent to an activating group) is 1. The summed E-state index contributed by atoms with van der Waals surface area (Å²) in [6.45, 7) is 1.96. The molecule has 0 amide bonds. The second kappa shape index (κ2) is 6.09. The summed E-state index contributed by atoms with van der Waals surface area (Å²) in [4.78, 5) is 13.9. The molecule has 0 aliphatic carbocycles. The Labute approximate surface area is 160 Å². The molecule has 2 aliphatic heterocycles. The van der Waals surface area contributed by atoms with E-state index in [2.05, 4.69) is 4.90 Å². The van der Waals surface area contributed by atoms with E-state index in [4.69, 9.17) is 14.2 Å². The number of thioether (sulfide) groups is 1. The second-order valence-corrected chi connectivity index (χ2v) is 7.53. The number of non-ortho nitro benzene ring substituents is 1. The van der Waals surface area contributed by atoms with Crippen LogP contribution in [0.5, 0.6) is 17.2 Å². The summed E-state index contributed by atoms with van der Waals surface area (Å²) < 4.78 is 17.2. The third-order valence-electron chi connectivity index (χ3n) is 4.83. The molecule has 0 radical (unpaired) electrons. The highest BCUT2D eigenvalue weighted by Crippen LogP contribution is 2.57. The van der Waals surface area contributed by atoms with Crippen molar-refractivity contribution in [2.45, 2.75) is 16.9 Å². The number of hydrogen-bond donors (Lipinski definition) is 0. The van der Waals surface area contributed by atoms with Crippen molar-refractivity contribution in [3.8, 4) is 17.2 Å². The fourth-order valence-electron chi connectivity index (χ4n) is 3.42. The minimum atomic E-state index is -0.787. The molecule has 2 aromatic carbocycles. The highest BCUT2D eigenvalue weighted by molar-refractivity contribution is 8.01. The molecule has 0 saturated carbocycles. The van der Waals surface area contributed by atoms with E-state index in [0.717, 1.165) is 21.9 Å².